The summed E-state index contributed by atoms with van der Waals surface area (Å²) in [7, 11) is 0. The molecule has 3 aromatic rings. The summed E-state index contributed by atoms with van der Waals surface area (Å²) in [6, 6.07) is 14.2. The highest BCUT2D eigenvalue weighted by atomic mass is 32.2. The Balaban J connectivity index is 1.60. The largest absolute Gasteiger partial charge is 0.342 e. The lowest BCUT2D eigenvalue weighted by Gasteiger charge is -2.31. The van der Waals surface area contributed by atoms with E-state index in [1.807, 2.05) is 59.7 Å². The Morgan fingerprint density at radius 3 is 2.57 bits per heavy atom. The number of thioether (sulfide) groups is 1. The van der Waals surface area contributed by atoms with Gasteiger partial charge in [-0.2, -0.15) is 0 Å². The smallest absolute Gasteiger partial charge is 0.235 e. The minimum absolute atomic E-state index is 0.192. The monoisotopic (exact) mass is 412 g/mol. The standard InChI is InChI=1S/C21H24N4OS2/c1-15-10-12-24(13-11-15)20(26)16(2)28-21-23-22-19(18-9-6-14-27-18)25(21)17-7-4-3-5-8-17/h3-9,14-16H,10-13H2,1-2H3. The van der Waals surface area contributed by atoms with E-state index in [2.05, 4.69) is 21.7 Å². The van der Waals surface area contributed by atoms with Crippen molar-refractivity contribution < 1.29 is 4.79 Å². The number of piperidine rings is 1. The molecule has 7 heteroatoms. The second-order valence-electron chi connectivity index (χ2n) is 7.22. The van der Waals surface area contributed by atoms with Crippen LogP contribution in [-0.2, 0) is 4.79 Å². The number of hydrogen-bond donors (Lipinski definition) is 0. The van der Waals surface area contributed by atoms with Crippen LogP contribution in [0.5, 0.6) is 0 Å². The summed E-state index contributed by atoms with van der Waals surface area (Å²) in [5, 5.41) is 11.5. The Morgan fingerprint density at radius 1 is 1.14 bits per heavy atom. The van der Waals surface area contributed by atoms with Crippen LogP contribution in [0.25, 0.3) is 16.4 Å². The maximum atomic E-state index is 12.9. The van der Waals surface area contributed by atoms with Crippen LogP contribution in [0.3, 0.4) is 0 Å². The van der Waals surface area contributed by atoms with E-state index >= 15 is 0 Å². The Labute approximate surface area is 173 Å². The van der Waals surface area contributed by atoms with E-state index in [0.717, 1.165) is 47.5 Å². The zero-order valence-corrected chi connectivity index (χ0v) is 17.7. The molecule has 0 N–H and O–H groups in total. The van der Waals surface area contributed by atoms with Crippen LogP contribution >= 0.6 is 23.1 Å². The molecule has 146 valence electrons. The first kappa shape index (κ1) is 19.2. The third-order valence-electron chi connectivity index (χ3n) is 5.11. The summed E-state index contributed by atoms with van der Waals surface area (Å²) in [4.78, 5) is 16.0. The third-order valence-corrected chi connectivity index (χ3v) is 7.01. The Kier molecular flexibility index (Phi) is 5.82. The molecule has 28 heavy (non-hydrogen) atoms. The molecule has 3 heterocycles. The minimum Gasteiger partial charge on any atom is -0.342 e. The number of amides is 1. The minimum atomic E-state index is -0.198. The van der Waals surface area contributed by atoms with Crippen molar-refractivity contribution in [1.29, 1.82) is 0 Å². The van der Waals surface area contributed by atoms with Gasteiger partial charge in [-0.05, 0) is 49.3 Å². The SMILES string of the molecule is CC1CCN(C(=O)C(C)Sc2nnc(-c3cccs3)n2-c2ccccc2)CC1. The predicted molar refractivity (Wildman–Crippen MR) is 115 cm³/mol. The number of carbonyl (C=O) groups excluding carboxylic acids is 1. The lowest BCUT2D eigenvalue weighted by molar-refractivity contribution is -0.131. The molecular weight excluding hydrogens is 388 g/mol. The zero-order valence-electron chi connectivity index (χ0n) is 16.1. The Hall–Kier alpha value is -2.12. The van der Waals surface area contributed by atoms with Gasteiger partial charge in [0.15, 0.2) is 11.0 Å². The van der Waals surface area contributed by atoms with E-state index in [4.69, 9.17) is 0 Å². The summed E-state index contributed by atoms with van der Waals surface area (Å²) in [6.07, 6.45) is 2.18. The molecule has 0 spiro atoms. The van der Waals surface area contributed by atoms with E-state index in [1.165, 1.54) is 11.8 Å². The van der Waals surface area contributed by atoms with E-state index < -0.39 is 0 Å². The second-order valence-corrected chi connectivity index (χ2v) is 9.48. The molecule has 0 aliphatic carbocycles. The molecule has 1 aliphatic rings. The van der Waals surface area contributed by atoms with E-state index in [-0.39, 0.29) is 11.2 Å². The number of benzene rings is 1. The molecule has 1 aliphatic heterocycles. The van der Waals surface area contributed by atoms with Gasteiger partial charge in [0.2, 0.25) is 5.91 Å². The van der Waals surface area contributed by atoms with Gasteiger partial charge >= 0.3 is 0 Å². The molecule has 0 saturated carbocycles. The fourth-order valence-electron chi connectivity index (χ4n) is 3.42. The molecule has 4 rings (SSSR count). The first-order valence-electron chi connectivity index (χ1n) is 9.63. The van der Waals surface area contributed by atoms with Crippen LogP contribution in [0.2, 0.25) is 0 Å². The fourth-order valence-corrected chi connectivity index (χ4v) is 5.07. The van der Waals surface area contributed by atoms with Gasteiger partial charge in [0, 0.05) is 18.8 Å². The average Bonchev–Trinajstić information content (AvgIpc) is 3.38. The highest BCUT2D eigenvalue weighted by Crippen LogP contribution is 2.32. The van der Waals surface area contributed by atoms with Crippen molar-refractivity contribution in [2.45, 2.75) is 37.1 Å². The normalized spacial score (nSPS) is 16.3. The molecule has 1 unspecified atom stereocenters. The van der Waals surface area contributed by atoms with Crippen LogP contribution in [0.4, 0.5) is 0 Å². The Morgan fingerprint density at radius 2 is 1.89 bits per heavy atom. The van der Waals surface area contributed by atoms with Crippen LogP contribution < -0.4 is 0 Å². The molecule has 5 nitrogen and oxygen atoms in total. The molecule has 2 aromatic heterocycles. The van der Waals surface area contributed by atoms with E-state index in [1.54, 1.807) is 11.3 Å². The van der Waals surface area contributed by atoms with Crippen LogP contribution in [0.1, 0.15) is 26.7 Å². The maximum absolute atomic E-state index is 12.9. The van der Waals surface area contributed by atoms with Gasteiger partial charge in [0.1, 0.15) is 0 Å². The zero-order chi connectivity index (χ0) is 19.5. The summed E-state index contributed by atoms with van der Waals surface area (Å²) in [5.41, 5.74) is 1.00. The number of rotatable bonds is 5. The first-order chi connectivity index (χ1) is 13.6. The van der Waals surface area contributed by atoms with Crippen molar-refractivity contribution in [3.05, 3.63) is 47.8 Å². The van der Waals surface area contributed by atoms with Crippen LogP contribution in [0, 0.1) is 5.92 Å². The number of aromatic nitrogens is 3. The van der Waals surface area contributed by atoms with Crippen LogP contribution in [0.15, 0.2) is 53.0 Å². The van der Waals surface area contributed by atoms with Gasteiger partial charge in [0.05, 0.1) is 10.1 Å². The van der Waals surface area contributed by atoms with Gasteiger partial charge < -0.3 is 4.90 Å². The van der Waals surface area contributed by atoms with Gasteiger partial charge in [0.25, 0.3) is 0 Å². The van der Waals surface area contributed by atoms with Crippen molar-refractivity contribution in [1.82, 2.24) is 19.7 Å². The van der Waals surface area contributed by atoms with Gasteiger partial charge in [-0.1, -0.05) is 43.0 Å². The highest BCUT2D eigenvalue weighted by Gasteiger charge is 2.27. The molecule has 1 atom stereocenters. The number of hydrogen-bond acceptors (Lipinski definition) is 5. The summed E-state index contributed by atoms with van der Waals surface area (Å²) < 4.78 is 2.05. The fraction of sp³-hybridized carbons (Fsp3) is 0.381. The van der Waals surface area contributed by atoms with Crippen LogP contribution in [-0.4, -0.2) is 43.9 Å². The lowest BCUT2D eigenvalue weighted by Crippen LogP contribution is -2.41. The van der Waals surface area contributed by atoms with E-state index in [9.17, 15) is 4.79 Å². The maximum Gasteiger partial charge on any atom is 0.235 e. The van der Waals surface area contributed by atoms with Crippen molar-refractivity contribution in [2.24, 2.45) is 5.92 Å². The molecule has 1 aromatic carbocycles. The predicted octanol–water partition coefficient (Wildman–Crippen LogP) is 4.73. The number of para-hydroxylation sites is 1. The van der Waals surface area contributed by atoms with Crippen molar-refractivity contribution in [2.75, 3.05) is 13.1 Å². The van der Waals surface area contributed by atoms with Gasteiger partial charge in [-0.3, -0.25) is 9.36 Å². The lowest BCUT2D eigenvalue weighted by atomic mass is 9.99. The molecule has 0 bridgehead atoms. The molecule has 1 amide bonds. The second kappa shape index (κ2) is 8.49. The summed E-state index contributed by atoms with van der Waals surface area (Å²) in [5.74, 6) is 1.72. The first-order valence-corrected chi connectivity index (χ1v) is 11.4. The van der Waals surface area contributed by atoms with E-state index in [0.29, 0.717) is 5.92 Å². The number of nitrogens with zero attached hydrogens (tertiary/aromatic N) is 4. The average molecular weight is 413 g/mol. The molecular formula is C21H24N4OS2. The summed E-state index contributed by atoms with van der Waals surface area (Å²) >= 11 is 3.13. The highest BCUT2D eigenvalue weighted by molar-refractivity contribution is 8.00. The quantitative estimate of drug-likeness (QED) is 0.568. The van der Waals surface area contributed by atoms with Crippen molar-refractivity contribution >= 4 is 29.0 Å². The number of carbonyl (C=O) groups is 1. The van der Waals surface area contributed by atoms with Gasteiger partial charge in [-0.15, -0.1) is 21.5 Å². The Bertz CT molecular complexity index is 915. The van der Waals surface area contributed by atoms with Gasteiger partial charge in [-0.25, -0.2) is 0 Å². The molecule has 0 radical (unpaired) electrons. The van der Waals surface area contributed by atoms with Crippen molar-refractivity contribution in [3.63, 3.8) is 0 Å². The number of thiophene rings is 1. The third kappa shape index (κ3) is 4.00. The topological polar surface area (TPSA) is 51.0 Å². The number of likely N-dealkylation sites (tertiary alicyclic amines) is 1. The summed E-state index contributed by atoms with van der Waals surface area (Å²) in [6.45, 7) is 5.95. The molecule has 1 saturated heterocycles. The molecule has 1 fully saturated rings. The van der Waals surface area contributed by atoms with Crippen molar-refractivity contribution in [3.8, 4) is 16.4 Å².